The van der Waals surface area contributed by atoms with Crippen LogP contribution in [0.4, 0.5) is 0 Å². The maximum absolute atomic E-state index is 5.71. The fourth-order valence-electron chi connectivity index (χ4n) is 1.77. The summed E-state index contributed by atoms with van der Waals surface area (Å²) >= 11 is 1.78. The first-order chi connectivity index (χ1) is 7.74. The van der Waals surface area contributed by atoms with Gasteiger partial charge in [0.05, 0.1) is 10.7 Å². The fraction of sp³-hybridized carbons (Fsp3) is 0.750. The highest BCUT2D eigenvalue weighted by Crippen LogP contribution is 2.19. The van der Waals surface area contributed by atoms with E-state index in [1.807, 2.05) is 0 Å². The van der Waals surface area contributed by atoms with Crippen LogP contribution in [0.15, 0.2) is 0 Å². The lowest BCUT2D eigenvalue weighted by molar-refractivity contribution is 0.308. The third-order valence-corrected chi connectivity index (χ3v) is 4.06. The highest BCUT2D eigenvalue weighted by Gasteiger charge is 2.09. The Morgan fingerprint density at radius 2 is 1.94 bits per heavy atom. The van der Waals surface area contributed by atoms with Crippen LogP contribution in [0.3, 0.4) is 0 Å². The van der Waals surface area contributed by atoms with Gasteiger partial charge in [0.25, 0.3) is 0 Å². The van der Waals surface area contributed by atoms with Crippen LogP contribution in [0, 0.1) is 0 Å². The van der Waals surface area contributed by atoms with Crippen molar-refractivity contribution in [3.05, 3.63) is 15.6 Å². The summed E-state index contributed by atoms with van der Waals surface area (Å²) in [5.74, 6) is 0. The highest BCUT2D eigenvalue weighted by atomic mass is 32.1. The number of aromatic nitrogens is 1. The minimum atomic E-state index is 0.631. The molecule has 0 unspecified atom stereocenters. The van der Waals surface area contributed by atoms with Crippen molar-refractivity contribution in [1.29, 1.82) is 0 Å². The van der Waals surface area contributed by atoms with E-state index in [0.717, 1.165) is 32.5 Å². The largest absolute Gasteiger partial charge is 0.326 e. The van der Waals surface area contributed by atoms with Gasteiger partial charge in [0, 0.05) is 24.4 Å². The first kappa shape index (κ1) is 13.6. The van der Waals surface area contributed by atoms with Crippen LogP contribution in [-0.2, 0) is 19.4 Å². The molecule has 1 aromatic heterocycles. The summed E-state index contributed by atoms with van der Waals surface area (Å²) in [7, 11) is 0. The van der Waals surface area contributed by atoms with Gasteiger partial charge in [0.2, 0.25) is 0 Å². The first-order valence-corrected chi connectivity index (χ1v) is 6.96. The Kier molecular flexibility index (Phi) is 5.95. The predicted molar refractivity (Wildman–Crippen MR) is 70.9 cm³/mol. The molecule has 0 bridgehead atoms. The number of rotatable bonds is 7. The second kappa shape index (κ2) is 6.99. The third-order valence-electron chi connectivity index (χ3n) is 2.88. The number of likely N-dealkylation sites (N-methyl/N-ethyl adjacent to an activating group) is 1. The first-order valence-electron chi connectivity index (χ1n) is 6.14. The molecular weight excluding hydrogens is 218 g/mol. The number of thiazole rings is 1. The zero-order valence-electron chi connectivity index (χ0n) is 10.6. The molecule has 1 heterocycles. The van der Waals surface area contributed by atoms with Gasteiger partial charge in [-0.2, -0.15) is 0 Å². The van der Waals surface area contributed by atoms with Crippen LogP contribution in [-0.4, -0.2) is 29.5 Å². The van der Waals surface area contributed by atoms with Gasteiger partial charge in [-0.05, 0) is 19.5 Å². The predicted octanol–water partition coefficient (Wildman–Crippen LogP) is 2.05. The molecule has 0 saturated carbocycles. The van der Waals surface area contributed by atoms with Gasteiger partial charge >= 0.3 is 0 Å². The van der Waals surface area contributed by atoms with Crippen LogP contribution < -0.4 is 5.73 Å². The number of nitrogens with two attached hydrogens (primary N) is 1. The molecule has 0 radical (unpaired) electrons. The van der Waals surface area contributed by atoms with Crippen LogP contribution in [0.5, 0.6) is 0 Å². The molecule has 0 aromatic carbocycles. The van der Waals surface area contributed by atoms with E-state index in [2.05, 4.69) is 30.7 Å². The molecule has 16 heavy (non-hydrogen) atoms. The van der Waals surface area contributed by atoms with Gasteiger partial charge in [0.1, 0.15) is 0 Å². The van der Waals surface area contributed by atoms with E-state index in [1.54, 1.807) is 11.3 Å². The van der Waals surface area contributed by atoms with Crippen molar-refractivity contribution in [2.75, 3.05) is 19.6 Å². The summed E-state index contributed by atoms with van der Waals surface area (Å²) in [5, 5.41) is 1.24. The normalized spacial score (nSPS) is 11.3. The SMILES string of the molecule is CCc1nc(CCN(CC)CC)sc1CN. The Bertz CT molecular complexity index is 284. The third kappa shape index (κ3) is 3.54. The molecule has 2 N–H and O–H groups in total. The van der Waals surface area contributed by atoms with Crippen LogP contribution in [0.1, 0.15) is 36.3 Å². The summed E-state index contributed by atoms with van der Waals surface area (Å²) in [4.78, 5) is 8.34. The molecule has 92 valence electrons. The van der Waals surface area contributed by atoms with E-state index in [9.17, 15) is 0 Å². The standard InChI is InChI=1S/C12H23N3S/c1-4-10-11(9-13)16-12(14-10)7-8-15(5-2)6-3/h4-9,13H2,1-3H3. The molecule has 1 rings (SSSR count). The Labute approximate surface area is 103 Å². The monoisotopic (exact) mass is 241 g/mol. The van der Waals surface area contributed by atoms with Crippen molar-refractivity contribution in [3.8, 4) is 0 Å². The molecule has 0 aliphatic rings. The van der Waals surface area contributed by atoms with E-state index in [4.69, 9.17) is 5.73 Å². The molecule has 0 fully saturated rings. The smallest absolute Gasteiger partial charge is 0.0944 e. The number of nitrogens with zero attached hydrogens (tertiary/aromatic N) is 2. The zero-order valence-corrected chi connectivity index (χ0v) is 11.4. The number of aryl methyl sites for hydroxylation is 1. The van der Waals surface area contributed by atoms with E-state index in [-0.39, 0.29) is 0 Å². The van der Waals surface area contributed by atoms with Crippen LogP contribution >= 0.6 is 11.3 Å². The van der Waals surface area contributed by atoms with Gasteiger partial charge in [-0.25, -0.2) is 4.98 Å². The van der Waals surface area contributed by atoms with Gasteiger partial charge in [-0.1, -0.05) is 20.8 Å². The number of hydrogen-bond acceptors (Lipinski definition) is 4. The Hall–Kier alpha value is -0.450. The molecule has 0 aliphatic heterocycles. The maximum atomic E-state index is 5.71. The van der Waals surface area contributed by atoms with Gasteiger partial charge in [-0.15, -0.1) is 11.3 Å². The van der Waals surface area contributed by atoms with E-state index < -0.39 is 0 Å². The van der Waals surface area contributed by atoms with Crippen LogP contribution in [0.25, 0.3) is 0 Å². The number of hydrogen-bond donors (Lipinski definition) is 1. The van der Waals surface area contributed by atoms with Crippen LogP contribution in [0.2, 0.25) is 0 Å². The van der Waals surface area contributed by atoms with E-state index >= 15 is 0 Å². The average molecular weight is 241 g/mol. The maximum Gasteiger partial charge on any atom is 0.0944 e. The van der Waals surface area contributed by atoms with E-state index in [1.165, 1.54) is 15.6 Å². The molecule has 0 spiro atoms. The molecule has 0 amide bonds. The van der Waals surface area contributed by atoms with Gasteiger partial charge < -0.3 is 10.6 Å². The zero-order chi connectivity index (χ0) is 12.0. The molecule has 0 atom stereocenters. The lowest BCUT2D eigenvalue weighted by Gasteiger charge is -2.16. The van der Waals surface area contributed by atoms with Gasteiger partial charge in [-0.3, -0.25) is 0 Å². The lowest BCUT2D eigenvalue weighted by atomic mass is 10.3. The van der Waals surface area contributed by atoms with Gasteiger partial charge in [0.15, 0.2) is 0 Å². The van der Waals surface area contributed by atoms with Crippen molar-refractivity contribution in [2.24, 2.45) is 5.73 Å². The van der Waals surface area contributed by atoms with Crippen molar-refractivity contribution in [1.82, 2.24) is 9.88 Å². The summed E-state index contributed by atoms with van der Waals surface area (Å²) in [5.41, 5.74) is 6.90. The van der Waals surface area contributed by atoms with Crippen molar-refractivity contribution in [3.63, 3.8) is 0 Å². The average Bonchev–Trinajstić information content (AvgIpc) is 2.73. The van der Waals surface area contributed by atoms with Crippen molar-refractivity contribution in [2.45, 2.75) is 40.2 Å². The van der Waals surface area contributed by atoms with Crippen molar-refractivity contribution < 1.29 is 0 Å². The minimum Gasteiger partial charge on any atom is -0.326 e. The molecule has 4 heteroatoms. The Balaban J connectivity index is 2.57. The lowest BCUT2D eigenvalue weighted by Crippen LogP contribution is -2.25. The van der Waals surface area contributed by atoms with E-state index in [0.29, 0.717) is 6.54 Å². The summed E-state index contributed by atoms with van der Waals surface area (Å²) in [6.45, 7) is 10.5. The second-order valence-electron chi connectivity index (χ2n) is 3.81. The summed E-state index contributed by atoms with van der Waals surface area (Å²) in [6.07, 6.45) is 2.05. The molecule has 3 nitrogen and oxygen atoms in total. The fourth-order valence-corrected chi connectivity index (χ4v) is 2.80. The van der Waals surface area contributed by atoms with Crippen molar-refractivity contribution >= 4 is 11.3 Å². The molecule has 0 saturated heterocycles. The topological polar surface area (TPSA) is 42.2 Å². The quantitative estimate of drug-likeness (QED) is 0.794. The Morgan fingerprint density at radius 1 is 1.25 bits per heavy atom. The summed E-state index contributed by atoms with van der Waals surface area (Å²) in [6, 6.07) is 0. The molecule has 0 aliphatic carbocycles. The Morgan fingerprint density at radius 3 is 2.38 bits per heavy atom. The molecular formula is C12H23N3S. The highest BCUT2D eigenvalue weighted by molar-refractivity contribution is 7.11. The molecule has 1 aromatic rings. The second-order valence-corrected chi connectivity index (χ2v) is 4.98. The summed E-state index contributed by atoms with van der Waals surface area (Å²) < 4.78 is 0. The minimum absolute atomic E-state index is 0.631.